The van der Waals surface area contributed by atoms with E-state index < -0.39 is 0 Å². The number of halogens is 3. The predicted molar refractivity (Wildman–Crippen MR) is 44.4 cm³/mol. The molecular formula is C4H3Br3O. The summed E-state index contributed by atoms with van der Waals surface area (Å²) in [5.74, 6) is 1.66. The molecule has 0 saturated carbocycles. The van der Waals surface area contributed by atoms with Crippen molar-refractivity contribution in [1.29, 1.82) is 0 Å². The van der Waals surface area contributed by atoms with Crippen molar-refractivity contribution in [3.8, 4) is 0 Å². The summed E-state index contributed by atoms with van der Waals surface area (Å²) >= 11 is 9.61. The molecule has 0 unspecified atom stereocenters. The molecule has 46 valence electrons. The molecule has 0 aliphatic rings. The molecule has 0 spiro atoms. The fourth-order valence-corrected chi connectivity index (χ4v) is 0.643. The highest BCUT2D eigenvalue weighted by atomic mass is 80.0. The van der Waals surface area contributed by atoms with Gasteiger partial charge in [-0.1, -0.05) is 47.8 Å². The van der Waals surface area contributed by atoms with Gasteiger partial charge in [0, 0.05) is 12.5 Å². The summed E-state index contributed by atoms with van der Waals surface area (Å²) in [6.07, 6.45) is 1.95. The van der Waals surface area contributed by atoms with E-state index in [-0.39, 0.29) is 2.14 Å². The first-order valence-corrected chi connectivity index (χ1v) is 4.20. The minimum atomic E-state index is -0.329. The maximum atomic E-state index is 9.61. The summed E-state index contributed by atoms with van der Waals surface area (Å²) in [6, 6.07) is 0. The van der Waals surface area contributed by atoms with Crippen LogP contribution in [-0.2, 0) is 4.79 Å². The van der Waals surface area contributed by atoms with E-state index in [1.165, 1.54) is 6.08 Å². The Morgan fingerprint density at radius 1 is 1.50 bits per heavy atom. The summed E-state index contributed by atoms with van der Waals surface area (Å²) in [5.41, 5.74) is 0. The highest BCUT2D eigenvalue weighted by Gasteiger charge is 2.14. The van der Waals surface area contributed by atoms with E-state index in [4.69, 9.17) is 0 Å². The topological polar surface area (TPSA) is 17.1 Å². The van der Waals surface area contributed by atoms with Crippen LogP contribution in [0.25, 0.3) is 0 Å². The molecule has 0 saturated heterocycles. The number of carbonyl (C=O) groups excluding carboxylic acids is 1. The summed E-state index contributed by atoms with van der Waals surface area (Å²) in [5, 5.41) is 0. The van der Waals surface area contributed by atoms with E-state index >= 15 is 0 Å². The standard InChI is InChI=1S/C4H3Br3O/c5-4(6,7)2-1-3-8/h1H,2H2. The zero-order valence-corrected chi connectivity index (χ0v) is 8.58. The van der Waals surface area contributed by atoms with E-state index in [1.54, 1.807) is 5.94 Å². The third-order valence-electron chi connectivity index (χ3n) is 0.417. The first-order chi connectivity index (χ1) is 3.56. The molecule has 0 atom stereocenters. The van der Waals surface area contributed by atoms with Crippen LogP contribution in [0.1, 0.15) is 6.42 Å². The fraction of sp³-hybridized carbons (Fsp3) is 0.500. The molecule has 0 aromatic rings. The summed E-state index contributed by atoms with van der Waals surface area (Å²) in [4.78, 5) is 9.61. The first-order valence-electron chi connectivity index (χ1n) is 1.82. The summed E-state index contributed by atoms with van der Waals surface area (Å²) in [7, 11) is 0. The lowest BCUT2D eigenvalue weighted by molar-refractivity contribution is 0.568. The normalized spacial score (nSPS) is 10.4. The second kappa shape index (κ2) is 3.83. The number of hydrogen-bond acceptors (Lipinski definition) is 1. The largest absolute Gasteiger partial charge is 0.234 e. The minimum Gasteiger partial charge on any atom is -0.234 e. The molecule has 0 rings (SSSR count). The molecule has 0 aromatic heterocycles. The molecular weight excluding hydrogens is 304 g/mol. The number of hydrogen-bond donors (Lipinski definition) is 0. The van der Waals surface area contributed by atoms with Crippen LogP contribution in [0.5, 0.6) is 0 Å². The van der Waals surface area contributed by atoms with Crippen LogP contribution >= 0.6 is 47.8 Å². The van der Waals surface area contributed by atoms with Gasteiger partial charge < -0.3 is 0 Å². The lowest BCUT2D eigenvalue weighted by atomic mass is 10.5. The molecule has 4 heteroatoms. The molecule has 0 N–H and O–H groups in total. The quantitative estimate of drug-likeness (QED) is 0.537. The number of allylic oxidation sites excluding steroid dienone is 1. The smallest absolute Gasteiger partial charge is 0.139 e. The van der Waals surface area contributed by atoms with Crippen LogP contribution < -0.4 is 0 Å². The third-order valence-corrected chi connectivity index (χ3v) is 1.39. The highest BCUT2D eigenvalue weighted by molar-refractivity contribution is 9.39. The molecule has 1 nitrogen and oxygen atoms in total. The molecule has 0 radical (unpaired) electrons. The van der Waals surface area contributed by atoms with Gasteiger partial charge in [0.2, 0.25) is 0 Å². The molecule has 0 aromatic carbocycles. The van der Waals surface area contributed by atoms with Crippen molar-refractivity contribution in [2.24, 2.45) is 0 Å². The number of alkyl halides is 3. The maximum absolute atomic E-state index is 9.61. The Labute approximate surface area is 72.9 Å². The summed E-state index contributed by atoms with van der Waals surface area (Å²) in [6.45, 7) is 0. The van der Waals surface area contributed by atoms with Crippen molar-refractivity contribution >= 4 is 53.7 Å². The molecule has 0 heterocycles. The van der Waals surface area contributed by atoms with Gasteiger partial charge in [-0.2, -0.15) is 0 Å². The van der Waals surface area contributed by atoms with E-state index in [9.17, 15) is 4.79 Å². The van der Waals surface area contributed by atoms with Gasteiger partial charge in [0.05, 0.1) is 0 Å². The highest BCUT2D eigenvalue weighted by Crippen LogP contribution is 2.36. The van der Waals surface area contributed by atoms with Gasteiger partial charge in [0.1, 0.15) is 8.08 Å². The van der Waals surface area contributed by atoms with E-state index in [0.29, 0.717) is 6.42 Å². The van der Waals surface area contributed by atoms with Crippen LogP contribution in [0.3, 0.4) is 0 Å². The Morgan fingerprint density at radius 3 is 2.12 bits per heavy atom. The number of rotatable bonds is 1. The van der Waals surface area contributed by atoms with Gasteiger partial charge in [-0.3, -0.25) is 0 Å². The van der Waals surface area contributed by atoms with Crippen molar-refractivity contribution < 1.29 is 4.79 Å². The molecule has 0 amide bonds. The Morgan fingerprint density at radius 2 is 2.00 bits per heavy atom. The monoisotopic (exact) mass is 304 g/mol. The van der Waals surface area contributed by atoms with Crippen molar-refractivity contribution in [1.82, 2.24) is 0 Å². The van der Waals surface area contributed by atoms with Crippen LogP contribution in [0.2, 0.25) is 0 Å². The Bertz CT molecular complexity index is 109. The van der Waals surface area contributed by atoms with Crippen LogP contribution in [-0.4, -0.2) is 8.08 Å². The molecule has 0 aliphatic heterocycles. The fourth-order valence-electron chi connectivity index (χ4n) is 0.157. The summed E-state index contributed by atoms with van der Waals surface area (Å²) < 4.78 is -0.329. The van der Waals surface area contributed by atoms with Gasteiger partial charge in [-0.25, -0.2) is 4.79 Å². The van der Waals surface area contributed by atoms with Crippen molar-refractivity contribution in [2.75, 3.05) is 0 Å². The van der Waals surface area contributed by atoms with Crippen LogP contribution in [0, 0.1) is 0 Å². The van der Waals surface area contributed by atoms with Gasteiger partial charge in [-0.05, 0) is 0 Å². The first kappa shape index (κ1) is 8.89. The van der Waals surface area contributed by atoms with Crippen molar-refractivity contribution in [2.45, 2.75) is 8.56 Å². The average Bonchev–Trinajstić information content (AvgIpc) is 1.59. The van der Waals surface area contributed by atoms with Gasteiger partial charge in [0.25, 0.3) is 0 Å². The Hall–Kier alpha value is 0.890. The van der Waals surface area contributed by atoms with Crippen LogP contribution in [0.15, 0.2) is 6.08 Å². The second-order valence-corrected chi connectivity index (χ2v) is 8.39. The Balaban J connectivity index is 3.55. The zero-order valence-electron chi connectivity index (χ0n) is 3.83. The van der Waals surface area contributed by atoms with Crippen molar-refractivity contribution in [3.05, 3.63) is 6.08 Å². The maximum Gasteiger partial charge on any atom is 0.139 e. The van der Waals surface area contributed by atoms with Crippen LogP contribution in [0.4, 0.5) is 0 Å². The molecule has 0 bridgehead atoms. The van der Waals surface area contributed by atoms with E-state index in [0.717, 1.165) is 0 Å². The lowest BCUT2D eigenvalue weighted by Gasteiger charge is -2.04. The molecule has 0 fully saturated rings. The zero-order chi connectivity index (χ0) is 6.62. The van der Waals surface area contributed by atoms with Gasteiger partial charge in [0.15, 0.2) is 0 Å². The van der Waals surface area contributed by atoms with E-state index in [2.05, 4.69) is 47.8 Å². The molecule has 0 aliphatic carbocycles. The molecule has 8 heavy (non-hydrogen) atoms. The van der Waals surface area contributed by atoms with Crippen molar-refractivity contribution in [3.63, 3.8) is 0 Å². The second-order valence-electron chi connectivity index (χ2n) is 1.14. The van der Waals surface area contributed by atoms with Gasteiger partial charge in [-0.15, -0.1) is 0 Å². The third kappa shape index (κ3) is 6.89. The van der Waals surface area contributed by atoms with E-state index in [1.807, 2.05) is 0 Å². The SMILES string of the molecule is O=C=CCC(Br)(Br)Br. The lowest BCUT2D eigenvalue weighted by Crippen LogP contribution is -1.94. The Kier molecular flexibility index (Phi) is 4.26. The predicted octanol–water partition coefficient (Wildman–Crippen LogP) is 2.60. The average molecular weight is 307 g/mol. The minimum absolute atomic E-state index is 0.329. The van der Waals surface area contributed by atoms with Gasteiger partial charge >= 0.3 is 0 Å².